The highest BCUT2D eigenvalue weighted by molar-refractivity contribution is 6.04. The van der Waals surface area contributed by atoms with Gasteiger partial charge in [-0.3, -0.25) is 19.3 Å². The number of benzene rings is 2. The second kappa shape index (κ2) is 10.6. The van der Waals surface area contributed by atoms with Gasteiger partial charge in [0.2, 0.25) is 11.8 Å². The van der Waals surface area contributed by atoms with Crippen molar-refractivity contribution >= 4 is 23.4 Å². The minimum absolute atomic E-state index is 0.107. The van der Waals surface area contributed by atoms with Crippen LogP contribution in [0.3, 0.4) is 0 Å². The number of furan rings is 1. The van der Waals surface area contributed by atoms with E-state index < -0.39 is 17.9 Å². The lowest BCUT2D eigenvalue weighted by atomic mass is 10.0. The van der Waals surface area contributed by atoms with Gasteiger partial charge in [0, 0.05) is 11.7 Å². The Kier molecular flexibility index (Phi) is 7.19. The maximum Gasteiger partial charge on any atom is 0.287 e. The zero-order valence-electron chi connectivity index (χ0n) is 18.3. The summed E-state index contributed by atoms with van der Waals surface area (Å²) in [5.41, 5.74) is 1.27. The highest BCUT2D eigenvalue weighted by Gasteiger charge is 2.34. The lowest BCUT2D eigenvalue weighted by Crippen LogP contribution is -2.49. The molecule has 7 heteroatoms. The van der Waals surface area contributed by atoms with E-state index in [9.17, 15) is 14.4 Å². The molecule has 1 atom stereocenters. The van der Waals surface area contributed by atoms with Crippen molar-refractivity contribution in [3.05, 3.63) is 90.4 Å². The molecule has 1 saturated carbocycles. The van der Waals surface area contributed by atoms with Gasteiger partial charge in [-0.05, 0) is 42.7 Å². The zero-order valence-corrected chi connectivity index (χ0v) is 18.3. The maximum absolute atomic E-state index is 13.5. The van der Waals surface area contributed by atoms with Crippen LogP contribution < -0.4 is 15.5 Å². The second-order valence-corrected chi connectivity index (χ2v) is 8.06. The molecule has 1 aliphatic carbocycles. The number of amides is 3. The van der Waals surface area contributed by atoms with E-state index in [4.69, 9.17) is 4.42 Å². The Balaban J connectivity index is 1.63. The minimum Gasteiger partial charge on any atom is -0.459 e. The van der Waals surface area contributed by atoms with E-state index >= 15 is 0 Å². The molecule has 3 aromatic rings. The third-order valence-corrected chi connectivity index (χ3v) is 5.77. The third kappa shape index (κ3) is 5.49. The average molecular weight is 446 g/mol. The zero-order chi connectivity index (χ0) is 23.0. The van der Waals surface area contributed by atoms with Crippen molar-refractivity contribution in [3.63, 3.8) is 0 Å². The minimum atomic E-state index is -0.873. The standard InChI is InChI=1S/C26H27N3O4/c30-23(18-27-25(31)22-16-9-17-33-22)29(21-14-5-2-6-15-21)24(19-10-3-1-4-11-19)26(32)28-20-12-7-8-13-20/h1-6,9-11,14-17,20,24H,7-8,12-13,18H2,(H,27,31)(H,28,32). The van der Waals surface area contributed by atoms with Gasteiger partial charge in [-0.2, -0.15) is 0 Å². The van der Waals surface area contributed by atoms with Gasteiger partial charge >= 0.3 is 0 Å². The number of anilines is 1. The summed E-state index contributed by atoms with van der Waals surface area (Å²) in [4.78, 5) is 40.8. The fourth-order valence-electron chi connectivity index (χ4n) is 4.16. The molecular weight excluding hydrogens is 418 g/mol. The molecular formula is C26H27N3O4. The summed E-state index contributed by atoms with van der Waals surface area (Å²) >= 11 is 0. The van der Waals surface area contributed by atoms with Crippen LogP contribution in [0.1, 0.15) is 47.8 Å². The van der Waals surface area contributed by atoms with Gasteiger partial charge in [0.25, 0.3) is 5.91 Å². The van der Waals surface area contributed by atoms with Crippen molar-refractivity contribution in [1.29, 1.82) is 0 Å². The topological polar surface area (TPSA) is 91.7 Å². The largest absolute Gasteiger partial charge is 0.459 e. The molecule has 33 heavy (non-hydrogen) atoms. The molecule has 1 aliphatic rings. The first kappa shape index (κ1) is 22.3. The van der Waals surface area contributed by atoms with E-state index in [1.54, 1.807) is 18.2 Å². The van der Waals surface area contributed by atoms with Crippen LogP contribution in [0.4, 0.5) is 5.69 Å². The third-order valence-electron chi connectivity index (χ3n) is 5.77. The fraction of sp³-hybridized carbons (Fsp3) is 0.269. The summed E-state index contributed by atoms with van der Waals surface area (Å²) < 4.78 is 5.10. The molecule has 2 aromatic carbocycles. The van der Waals surface area contributed by atoms with E-state index in [0.29, 0.717) is 11.3 Å². The first-order chi connectivity index (χ1) is 16.1. The SMILES string of the molecule is O=C(NCC(=O)N(c1ccccc1)C(C(=O)NC1CCCC1)c1ccccc1)c1ccco1. The summed E-state index contributed by atoms with van der Waals surface area (Å²) in [5, 5.41) is 5.73. The number of para-hydroxylation sites is 1. The fourth-order valence-corrected chi connectivity index (χ4v) is 4.16. The number of carbonyl (C=O) groups excluding carboxylic acids is 3. The molecule has 1 aromatic heterocycles. The van der Waals surface area contributed by atoms with E-state index in [2.05, 4.69) is 10.6 Å². The second-order valence-electron chi connectivity index (χ2n) is 8.06. The molecule has 3 amide bonds. The van der Waals surface area contributed by atoms with Gasteiger partial charge in [-0.1, -0.05) is 61.4 Å². The van der Waals surface area contributed by atoms with Crippen LogP contribution in [0.25, 0.3) is 0 Å². The predicted molar refractivity (Wildman–Crippen MR) is 125 cm³/mol. The number of rotatable bonds is 8. The molecule has 2 N–H and O–H groups in total. The van der Waals surface area contributed by atoms with Gasteiger partial charge in [-0.15, -0.1) is 0 Å². The summed E-state index contributed by atoms with van der Waals surface area (Å²) in [6.45, 7) is -0.283. The first-order valence-electron chi connectivity index (χ1n) is 11.2. The number of carbonyl (C=O) groups is 3. The van der Waals surface area contributed by atoms with Crippen LogP contribution >= 0.6 is 0 Å². The molecule has 4 rings (SSSR count). The molecule has 0 bridgehead atoms. The van der Waals surface area contributed by atoms with Gasteiger partial charge in [0.05, 0.1) is 12.8 Å². The van der Waals surface area contributed by atoms with Crippen LogP contribution in [0, 0.1) is 0 Å². The lowest BCUT2D eigenvalue weighted by molar-refractivity contribution is -0.126. The molecule has 1 fully saturated rings. The lowest BCUT2D eigenvalue weighted by Gasteiger charge is -2.32. The molecule has 1 unspecified atom stereocenters. The number of hydrogen-bond donors (Lipinski definition) is 2. The Labute approximate surface area is 192 Å². The van der Waals surface area contributed by atoms with Gasteiger partial charge in [-0.25, -0.2) is 0 Å². The predicted octanol–water partition coefficient (Wildman–Crippen LogP) is 3.84. The van der Waals surface area contributed by atoms with Crippen molar-refractivity contribution < 1.29 is 18.8 Å². The van der Waals surface area contributed by atoms with Crippen molar-refractivity contribution in [2.75, 3.05) is 11.4 Å². The van der Waals surface area contributed by atoms with E-state index in [0.717, 1.165) is 25.7 Å². The molecule has 1 heterocycles. The Morgan fingerprint density at radius 3 is 2.21 bits per heavy atom. The van der Waals surface area contributed by atoms with Crippen molar-refractivity contribution in [2.24, 2.45) is 0 Å². The quantitative estimate of drug-likeness (QED) is 0.551. The van der Waals surface area contributed by atoms with Crippen LogP contribution in [0.2, 0.25) is 0 Å². The Morgan fingerprint density at radius 2 is 1.58 bits per heavy atom. The van der Waals surface area contributed by atoms with Crippen molar-refractivity contribution in [2.45, 2.75) is 37.8 Å². The summed E-state index contributed by atoms with van der Waals surface area (Å²) in [5.74, 6) is -1.01. The number of nitrogens with one attached hydrogen (secondary N) is 2. The number of hydrogen-bond acceptors (Lipinski definition) is 4. The molecule has 7 nitrogen and oxygen atoms in total. The van der Waals surface area contributed by atoms with Crippen molar-refractivity contribution in [3.8, 4) is 0 Å². The molecule has 0 radical (unpaired) electrons. The smallest absolute Gasteiger partial charge is 0.287 e. The van der Waals surface area contributed by atoms with Crippen LogP contribution in [-0.2, 0) is 9.59 Å². The Hall–Kier alpha value is -3.87. The summed E-state index contributed by atoms with van der Waals surface area (Å²) in [7, 11) is 0. The molecule has 0 aliphatic heterocycles. The highest BCUT2D eigenvalue weighted by atomic mass is 16.3. The Bertz CT molecular complexity index is 1060. The normalized spacial score (nSPS) is 14.4. The summed E-state index contributed by atoms with van der Waals surface area (Å²) in [6, 6.07) is 20.6. The van der Waals surface area contributed by atoms with Gasteiger partial charge in [0.1, 0.15) is 6.04 Å². The van der Waals surface area contributed by atoms with Gasteiger partial charge < -0.3 is 15.1 Å². The van der Waals surface area contributed by atoms with Crippen LogP contribution in [0.5, 0.6) is 0 Å². The molecule has 170 valence electrons. The maximum atomic E-state index is 13.5. The molecule has 0 spiro atoms. The van der Waals surface area contributed by atoms with Gasteiger partial charge in [0.15, 0.2) is 5.76 Å². The van der Waals surface area contributed by atoms with E-state index in [1.807, 2.05) is 48.5 Å². The van der Waals surface area contributed by atoms with Crippen LogP contribution in [0.15, 0.2) is 83.5 Å². The van der Waals surface area contributed by atoms with Crippen molar-refractivity contribution in [1.82, 2.24) is 10.6 Å². The van der Waals surface area contributed by atoms with E-state index in [1.165, 1.54) is 17.2 Å². The number of nitrogens with zero attached hydrogens (tertiary/aromatic N) is 1. The van der Waals surface area contributed by atoms with E-state index in [-0.39, 0.29) is 24.3 Å². The monoisotopic (exact) mass is 445 g/mol. The summed E-state index contributed by atoms with van der Waals surface area (Å²) in [6.07, 6.45) is 5.44. The first-order valence-corrected chi connectivity index (χ1v) is 11.2. The Morgan fingerprint density at radius 1 is 0.909 bits per heavy atom. The average Bonchev–Trinajstić information content (AvgIpc) is 3.56. The molecule has 0 saturated heterocycles. The van der Waals surface area contributed by atoms with Crippen LogP contribution in [-0.4, -0.2) is 30.3 Å². The highest BCUT2D eigenvalue weighted by Crippen LogP contribution is 2.29.